The Labute approximate surface area is 212 Å². The van der Waals surface area contributed by atoms with Crippen LogP contribution in [0, 0.1) is 0 Å². The largest absolute Gasteiger partial charge is 0.444 e. The minimum Gasteiger partial charge on any atom is -0.444 e. The van der Waals surface area contributed by atoms with Gasteiger partial charge in [-0.2, -0.15) is 0 Å². The summed E-state index contributed by atoms with van der Waals surface area (Å²) in [7, 11) is 0. The highest BCUT2D eigenvalue weighted by molar-refractivity contribution is 7.09. The van der Waals surface area contributed by atoms with Crippen LogP contribution < -0.4 is 10.6 Å². The summed E-state index contributed by atoms with van der Waals surface area (Å²) in [5.74, 6) is 0. The fourth-order valence-corrected chi connectivity index (χ4v) is 5.07. The zero-order chi connectivity index (χ0) is 24.3. The van der Waals surface area contributed by atoms with Crippen LogP contribution in [-0.4, -0.2) is 58.8 Å². The van der Waals surface area contributed by atoms with E-state index in [0.29, 0.717) is 13.1 Å². The zero-order valence-electron chi connectivity index (χ0n) is 19.4. The first-order valence-electron chi connectivity index (χ1n) is 11.5. The van der Waals surface area contributed by atoms with Crippen molar-refractivity contribution in [1.29, 1.82) is 0 Å². The van der Waals surface area contributed by atoms with E-state index in [1.165, 1.54) is 28.2 Å². The lowest BCUT2D eigenvalue weighted by molar-refractivity contribution is 0.0980. The molecule has 1 aliphatic heterocycles. The van der Waals surface area contributed by atoms with E-state index >= 15 is 0 Å². The monoisotopic (exact) mass is 515 g/mol. The Morgan fingerprint density at radius 3 is 2.17 bits per heavy atom. The molecule has 0 spiro atoms. The van der Waals surface area contributed by atoms with E-state index in [4.69, 9.17) is 9.47 Å². The van der Waals surface area contributed by atoms with Gasteiger partial charge in [-0.15, -0.1) is 22.7 Å². The Morgan fingerprint density at radius 1 is 0.943 bits per heavy atom. The van der Waals surface area contributed by atoms with Crippen LogP contribution >= 0.6 is 22.7 Å². The van der Waals surface area contributed by atoms with Gasteiger partial charge in [-0.25, -0.2) is 9.59 Å². The van der Waals surface area contributed by atoms with E-state index in [1.54, 1.807) is 23.4 Å². The molecule has 0 saturated carbocycles. The Hall–Kier alpha value is -3.02. The van der Waals surface area contributed by atoms with Gasteiger partial charge in [-0.3, -0.25) is 9.97 Å². The molecule has 11 heteroatoms. The van der Waals surface area contributed by atoms with Gasteiger partial charge in [0.1, 0.15) is 13.2 Å². The number of piperidine rings is 1. The van der Waals surface area contributed by atoms with Crippen molar-refractivity contribution in [3.05, 3.63) is 69.1 Å². The van der Waals surface area contributed by atoms with Crippen molar-refractivity contribution in [1.82, 2.24) is 25.5 Å². The van der Waals surface area contributed by atoms with Crippen LogP contribution in [0.1, 0.15) is 28.2 Å². The van der Waals surface area contributed by atoms with Gasteiger partial charge in [0, 0.05) is 44.1 Å². The lowest BCUT2D eigenvalue weighted by atomic mass is 9.82. The van der Waals surface area contributed by atoms with Crippen LogP contribution in [-0.2, 0) is 29.1 Å². The number of alkyl carbamates (subject to hydrolysis) is 2. The van der Waals surface area contributed by atoms with E-state index in [9.17, 15) is 9.59 Å². The maximum absolute atomic E-state index is 12.6. The third-order valence-electron chi connectivity index (χ3n) is 5.92. The van der Waals surface area contributed by atoms with Crippen molar-refractivity contribution in [3.63, 3.8) is 0 Å². The van der Waals surface area contributed by atoms with E-state index in [0.717, 1.165) is 42.1 Å². The van der Waals surface area contributed by atoms with Crippen LogP contribution in [0.3, 0.4) is 0 Å². The number of amides is 2. The standard InChI is InChI=1S/C24H29N5O4S2/c30-22(32-15-20-13-25-17-34-20)27-8-11-29-9-6-24(7-10-29,12-19-4-2-1-3-5-19)28-23(31)33-16-21-14-26-18-35-21/h1-5,13-14,17-18H,6-12,15-16H2,(H,27,30)(H,28,31). The highest BCUT2D eigenvalue weighted by Crippen LogP contribution is 2.27. The van der Waals surface area contributed by atoms with Crippen LogP contribution in [0.25, 0.3) is 0 Å². The number of nitrogens with one attached hydrogen (secondary N) is 2. The lowest BCUT2D eigenvalue weighted by Crippen LogP contribution is -2.57. The second-order valence-electron chi connectivity index (χ2n) is 8.42. The maximum Gasteiger partial charge on any atom is 0.407 e. The third kappa shape index (κ3) is 8.01. The number of hydrogen-bond donors (Lipinski definition) is 2. The molecule has 2 amide bonds. The Balaban J connectivity index is 1.24. The van der Waals surface area contributed by atoms with Gasteiger partial charge in [-0.05, 0) is 24.8 Å². The smallest absolute Gasteiger partial charge is 0.407 e. The molecule has 35 heavy (non-hydrogen) atoms. The normalized spacial score (nSPS) is 15.3. The van der Waals surface area contributed by atoms with E-state index in [1.807, 2.05) is 18.2 Å². The Bertz CT molecular complexity index is 1040. The van der Waals surface area contributed by atoms with Crippen molar-refractivity contribution in [2.45, 2.75) is 38.0 Å². The second-order valence-corrected chi connectivity index (χ2v) is 10.4. The molecule has 0 radical (unpaired) electrons. The van der Waals surface area contributed by atoms with Crippen molar-refractivity contribution in [2.24, 2.45) is 0 Å². The van der Waals surface area contributed by atoms with Crippen molar-refractivity contribution in [2.75, 3.05) is 26.2 Å². The molecule has 1 saturated heterocycles. The molecular formula is C24H29N5O4S2. The van der Waals surface area contributed by atoms with Gasteiger partial charge in [0.2, 0.25) is 0 Å². The minimum atomic E-state index is -0.431. The molecule has 1 aromatic carbocycles. The number of aromatic nitrogens is 2. The van der Waals surface area contributed by atoms with E-state index < -0.39 is 12.2 Å². The van der Waals surface area contributed by atoms with Gasteiger partial charge in [0.25, 0.3) is 0 Å². The van der Waals surface area contributed by atoms with Crippen LogP contribution in [0.5, 0.6) is 0 Å². The summed E-state index contributed by atoms with van der Waals surface area (Å²) in [6.45, 7) is 3.27. The fraction of sp³-hybridized carbons (Fsp3) is 0.417. The first-order valence-corrected chi connectivity index (χ1v) is 13.2. The number of ether oxygens (including phenoxy) is 2. The van der Waals surface area contributed by atoms with Crippen LogP contribution in [0.2, 0.25) is 0 Å². The predicted molar refractivity (Wildman–Crippen MR) is 134 cm³/mol. The van der Waals surface area contributed by atoms with Gasteiger partial charge in [0.15, 0.2) is 0 Å². The molecule has 3 heterocycles. The number of benzene rings is 1. The van der Waals surface area contributed by atoms with Gasteiger partial charge < -0.3 is 25.0 Å². The first kappa shape index (κ1) is 25.1. The summed E-state index contributed by atoms with van der Waals surface area (Å²) >= 11 is 2.91. The first-order chi connectivity index (χ1) is 17.1. The van der Waals surface area contributed by atoms with Gasteiger partial charge >= 0.3 is 12.2 Å². The quantitative estimate of drug-likeness (QED) is 0.423. The van der Waals surface area contributed by atoms with Crippen LogP contribution in [0.4, 0.5) is 9.59 Å². The number of thiazole rings is 2. The molecule has 0 bridgehead atoms. The summed E-state index contributed by atoms with van der Waals surface area (Å²) in [5, 5.41) is 5.97. The molecule has 0 aliphatic carbocycles. The molecule has 3 aromatic rings. The maximum atomic E-state index is 12.6. The molecule has 2 aromatic heterocycles. The minimum absolute atomic E-state index is 0.217. The van der Waals surface area contributed by atoms with Crippen molar-refractivity contribution in [3.8, 4) is 0 Å². The van der Waals surface area contributed by atoms with Crippen molar-refractivity contribution >= 4 is 34.9 Å². The number of carbonyl (C=O) groups is 2. The number of carbonyl (C=O) groups excluding carboxylic acids is 2. The third-order valence-corrected chi connectivity index (χ3v) is 7.43. The molecule has 0 atom stereocenters. The Kier molecular flexibility index (Phi) is 9.04. The number of likely N-dealkylation sites (tertiary alicyclic amines) is 1. The zero-order valence-corrected chi connectivity index (χ0v) is 21.0. The lowest BCUT2D eigenvalue weighted by Gasteiger charge is -2.42. The SMILES string of the molecule is O=C(NCCN1CCC(Cc2ccccc2)(NC(=O)OCc2cncs2)CC1)OCc1cncs1. The summed E-state index contributed by atoms with van der Waals surface area (Å²) < 4.78 is 10.7. The number of hydrogen-bond acceptors (Lipinski definition) is 9. The van der Waals surface area contributed by atoms with Crippen molar-refractivity contribution < 1.29 is 19.1 Å². The van der Waals surface area contributed by atoms with Gasteiger partial charge in [-0.1, -0.05) is 30.3 Å². The highest BCUT2D eigenvalue weighted by Gasteiger charge is 2.36. The van der Waals surface area contributed by atoms with E-state index in [-0.39, 0.29) is 18.8 Å². The molecule has 1 fully saturated rings. The second kappa shape index (κ2) is 12.6. The van der Waals surface area contributed by atoms with Gasteiger partial charge in [0.05, 0.1) is 20.8 Å². The summed E-state index contributed by atoms with van der Waals surface area (Å²) in [5.41, 5.74) is 4.22. The average molecular weight is 516 g/mol. The molecular weight excluding hydrogens is 486 g/mol. The number of nitrogens with zero attached hydrogens (tertiary/aromatic N) is 3. The average Bonchev–Trinajstić information content (AvgIpc) is 3.58. The fourth-order valence-electron chi connectivity index (χ4n) is 4.06. The predicted octanol–water partition coefficient (Wildman–Crippen LogP) is 3.83. The Morgan fingerprint density at radius 2 is 1.57 bits per heavy atom. The van der Waals surface area contributed by atoms with E-state index in [2.05, 4.69) is 37.6 Å². The summed E-state index contributed by atoms with van der Waals surface area (Å²) in [6, 6.07) is 10.2. The highest BCUT2D eigenvalue weighted by atomic mass is 32.1. The molecule has 186 valence electrons. The number of rotatable bonds is 10. The topological polar surface area (TPSA) is 106 Å². The summed E-state index contributed by atoms with van der Waals surface area (Å²) in [6.07, 6.45) is 4.86. The molecule has 4 rings (SSSR count). The molecule has 0 unspecified atom stereocenters. The molecule has 2 N–H and O–H groups in total. The summed E-state index contributed by atoms with van der Waals surface area (Å²) in [4.78, 5) is 36.7. The van der Waals surface area contributed by atoms with Crippen LogP contribution in [0.15, 0.2) is 53.7 Å². The molecule has 9 nitrogen and oxygen atoms in total. The molecule has 1 aliphatic rings.